The fourth-order valence-corrected chi connectivity index (χ4v) is 4.76. The van der Waals surface area contributed by atoms with Crippen molar-refractivity contribution in [3.63, 3.8) is 0 Å². The van der Waals surface area contributed by atoms with Gasteiger partial charge in [0, 0.05) is 18.3 Å². The lowest BCUT2D eigenvalue weighted by Crippen LogP contribution is -2.45. The van der Waals surface area contributed by atoms with Crippen LogP contribution in [0.1, 0.15) is 65.2 Å². The fraction of sp³-hybridized carbons (Fsp3) is 1.00. The summed E-state index contributed by atoms with van der Waals surface area (Å²) < 4.78 is 23.4. The topological polar surface area (TPSA) is 46.2 Å². The van der Waals surface area contributed by atoms with E-state index in [1.54, 1.807) is 0 Å². The molecule has 2 aliphatic carbocycles. The molecule has 0 amide bonds. The Morgan fingerprint density at radius 1 is 1.00 bits per heavy atom. The molecule has 2 fully saturated rings. The third-order valence-electron chi connectivity index (χ3n) is 5.04. The van der Waals surface area contributed by atoms with Gasteiger partial charge < -0.3 is 5.32 Å². The Morgan fingerprint density at radius 3 is 2.21 bits per heavy atom. The zero-order valence-corrected chi connectivity index (χ0v) is 13.4. The van der Waals surface area contributed by atoms with E-state index in [0.29, 0.717) is 17.5 Å². The maximum Gasteiger partial charge on any atom is 0.150 e. The average molecular weight is 287 g/mol. The van der Waals surface area contributed by atoms with E-state index >= 15 is 0 Å². The maximum atomic E-state index is 11.7. The summed E-state index contributed by atoms with van der Waals surface area (Å²) in [4.78, 5) is 0. The molecule has 0 saturated heterocycles. The Morgan fingerprint density at radius 2 is 1.63 bits per heavy atom. The van der Waals surface area contributed by atoms with Crippen LogP contribution in [0.3, 0.4) is 0 Å². The first-order valence-corrected chi connectivity index (χ1v) is 9.67. The molecule has 0 heterocycles. The van der Waals surface area contributed by atoms with E-state index in [2.05, 4.69) is 19.2 Å². The first kappa shape index (κ1) is 15.3. The van der Waals surface area contributed by atoms with E-state index in [-0.39, 0.29) is 5.25 Å². The largest absolute Gasteiger partial charge is 0.311 e. The van der Waals surface area contributed by atoms with Gasteiger partial charge in [0.05, 0.1) is 5.25 Å². The maximum absolute atomic E-state index is 11.7. The van der Waals surface area contributed by atoms with Crippen LogP contribution in [0, 0.1) is 5.41 Å². The molecule has 0 radical (unpaired) electrons. The van der Waals surface area contributed by atoms with Gasteiger partial charge in [-0.1, -0.05) is 20.3 Å². The van der Waals surface area contributed by atoms with Crippen molar-refractivity contribution in [2.75, 3.05) is 6.26 Å². The lowest BCUT2D eigenvalue weighted by Gasteiger charge is -2.38. The van der Waals surface area contributed by atoms with E-state index in [1.807, 2.05) is 0 Å². The Bertz CT molecular complexity index is 392. The van der Waals surface area contributed by atoms with Crippen molar-refractivity contribution < 1.29 is 8.42 Å². The summed E-state index contributed by atoms with van der Waals surface area (Å²) in [6.07, 6.45) is 10.3. The minimum absolute atomic E-state index is 0.112. The molecule has 4 heteroatoms. The predicted octanol–water partition coefficient (Wildman–Crippen LogP) is 2.90. The van der Waals surface area contributed by atoms with Gasteiger partial charge in [0.15, 0.2) is 0 Å². The van der Waals surface area contributed by atoms with Crippen molar-refractivity contribution in [1.82, 2.24) is 5.32 Å². The Kier molecular flexibility index (Phi) is 4.61. The number of hydrogen-bond acceptors (Lipinski definition) is 3. The quantitative estimate of drug-likeness (QED) is 0.868. The van der Waals surface area contributed by atoms with Gasteiger partial charge in [-0.05, 0) is 50.4 Å². The summed E-state index contributed by atoms with van der Waals surface area (Å²) in [5.74, 6) is 0. The van der Waals surface area contributed by atoms with E-state index < -0.39 is 9.84 Å². The van der Waals surface area contributed by atoms with Crippen LogP contribution in [0.2, 0.25) is 0 Å². The Labute approximate surface area is 118 Å². The monoisotopic (exact) mass is 287 g/mol. The molecule has 0 aromatic heterocycles. The first-order chi connectivity index (χ1) is 8.76. The molecule has 0 aliphatic heterocycles. The molecular weight excluding hydrogens is 258 g/mol. The summed E-state index contributed by atoms with van der Waals surface area (Å²) in [5.41, 5.74) is 0.500. The highest BCUT2D eigenvalue weighted by Crippen LogP contribution is 2.35. The molecule has 0 spiro atoms. The first-order valence-electron chi connectivity index (χ1n) is 7.71. The Hall–Kier alpha value is -0.0900. The minimum atomic E-state index is -2.86. The van der Waals surface area contributed by atoms with E-state index in [0.717, 1.165) is 25.7 Å². The van der Waals surface area contributed by atoms with Crippen molar-refractivity contribution in [3.05, 3.63) is 0 Å². The number of sulfone groups is 1. The summed E-state index contributed by atoms with van der Waals surface area (Å²) in [6, 6.07) is 1.02. The zero-order valence-electron chi connectivity index (χ0n) is 12.6. The molecule has 0 aromatic carbocycles. The second-order valence-corrected chi connectivity index (χ2v) is 9.75. The van der Waals surface area contributed by atoms with Crippen molar-refractivity contribution in [2.45, 2.75) is 82.5 Å². The van der Waals surface area contributed by atoms with Crippen LogP contribution in [0.4, 0.5) is 0 Å². The molecule has 2 rings (SSSR count). The van der Waals surface area contributed by atoms with Crippen molar-refractivity contribution in [3.8, 4) is 0 Å². The number of rotatable bonds is 3. The molecule has 112 valence electrons. The lowest BCUT2D eigenvalue weighted by atomic mass is 9.75. The molecule has 0 aromatic rings. The predicted molar refractivity (Wildman–Crippen MR) is 80.1 cm³/mol. The molecule has 19 heavy (non-hydrogen) atoms. The highest BCUT2D eigenvalue weighted by molar-refractivity contribution is 7.91. The average Bonchev–Trinajstić information content (AvgIpc) is 2.31. The molecule has 2 atom stereocenters. The van der Waals surface area contributed by atoms with Crippen molar-refractivity contribution in [1.29, 1.82) is 0 Å². The van der Waals surface area contributed by atoms with Gasteiger partial charge in [0.2, 0.25) is 0 Å². The van der Waals surface area contributed by atoms with Crippen molar-refractivity contribution in [2.24, 2.45) is 5.41 Å². The van der Waals surface area contributed by atoms with Gasteiger partial charge in [-0.2, -0.15) is 0 Å². The molecule has 2 unspecified atom stereocenters. The van der Waals surface area contributed by atoms with Crippen LogP contribution in [-0.4, -0.2) is 32.0 Å². The van der Waals surface area contributed by atoms with Gasteiger partial charge in [-0.3, -0.25) is 0 Å². The molecule has 2 saturated carbocycles. The smallest absolute Gasteiger partial charge is 0.150 e. The second kappa shape index (κ2) is 5.72. The molecule has 1 N–H and O–H groups in total. The highest BCUT2D eigenvalue weighted by Gasteiger charge is 2.32. The summed E-state index contributed by atoms with van der Waals surface area (Å²) >= 11 is 0. The van der Waals surface area contributed by atoms with Crippen molar-refractivity contribution >= 4 is 9.84 Å². The van der Waals surface area contributed by atoms with Crippen LogP contribution in [-0.2, 0) is 9.84 Å². The summed E-state index contributed by atoms with van der Waals surface area (Å²) in [5, 5.41) is 3.62. The number of hydrogen-bond donors (Lipinski definition) is 1. The summed E-state index contributed by atoms with van der Waals surface area (Å²) in [7, 11) is -2.86. The third kappa shape index (κ3) is 4.45. The minimum Gasteiger partial charge on any atom is -0.311 e. The lowest BCUT2D eigenvalue weighted by molar-refractivity contribution is 0.190. The SMILES string of the molecule is CC1(C)CCC(NC2CCCC(S(C)(=O)=O)C2)CC1. The third-order valence-corrected chi connectivity index (χ3v) is 6.68. The molecule has 3 nitrogen and oxygen atoms in total. The Balaban J connectivity index is 1.83. The zero-order chi connectivity index (χ0) is 14.1. The van der Waals surface area contributed by atoms with E-state index in [9.17, 15) is 8.42 Å². The van der Waals surface area contributed by atoms with E-state index in [4.69, 9.17) is 0 Å². The van der Waals surface area contributed by atoms with Gasteiger partial charge >= 0.3 is 0 Å². The van der Waals surface area contributed by atoms with Crippen LogP contribution in [0.25, 0.3) is 0 Å². The second-order valence-electron chi connectivity index (χ2n) is 7.42. The normalized spacial score (nSPS) is 33.2. The van der Waals surface area contributed by atoms with E-state index in [1.165, 1.54) is 31.9 Å². The fourth-order valence-electron chi connectivity index (χ4n) is 3.58. The highest BCUT2D eigenvalue weighted by atomic mass is 32.2. The standard InChI is InChI=1S/C15H29NO2S/c1-15(2)9-7-12(8-10-15)16-13-5-4-6-14(11-13)19(3,17)18/h12-14,16H,4-11H2,1-3H3. The van der Waals surface area contributed by atoms with Crippen LogP contribution >= 0.6 is 0 Å². The van der Waals surface area contributed by atoms with Gasteiger partial charge in [-0.15, -0.1) is 0 Å². The molecule has 2 aliphatic rings. The summed E-state index contributed by atoms with van der Waals surface area (Å²) in [6.45, 7) is 4.70. The van der Waals surface area contributed by atoms with Crippen LogP contribution < -0.4 is 5.32 Å². The molecule has 0 bridgehead atoms. The van der Waals surface area contributed by atoms with Gasteiger partial charge in [0.1, 0.15) is 9.84 Å². The molecular formula is C15H29NO2S. The van der Waals surface area contributed by atoms with Crippen LogP contribution in [0.15, 0.2) is 0 Å². The van der Waals surface area contributed by atoms with Gasteiger partial charge in [-0.25, -0.2) is 8.42 Å². The van der Waals surface area contributed by atoms with Crippen LogP contribution in [0.5, 0.6) is 0 Å². The number of nitrogens with one attached hydrogen (secondary N) is 1. The van der Waals surface area contributed by atoms with Gasteiger partial charge in [0.25, 0.3) is 0 Å².